The van der Waals surface area contributed by atoms with Crippen molar-refractivity contribution in [2.24, 2.45) is 0 Å². The number of hydrogen-bond donors (Lipinski definition) is 2. The third-order valence-electron chi connectivity index (χ3n) is 1.59. The van der Waals surface area contributed by atoms with Gasteiger partial charge >= 0.3 is 0 Å². The monoisotopic (exact) mass is 349 g/mol. The summed E-state index contributed by atoms with van der Waals surface area (Å²) in [5.41, 5.74) is 0.494. The number of nitrogens with one attached hydrogen (secondary N) is 2. The number of aromatic amines is 1. The summed E-state index contributed by atoms with van der Waals surface area (Å²) in [7, 11) is 0. The average Bonchev–Trinajstić information content (AvgIpc) is 2.75. The van der Waals surface area contributed by atoms with Gasteiger partial charge in [-0.2, -0.15) is 0 Å². The number of aromatic nitrogens is 2. The maximum Gasteiger partial charge on any atom is 0.273 e. The van der Waals surface area contributed by atoms with Crippen molar-refractivity contribution in [3.05, 3.63) is 32.4 Å². The molecule has 1 amide bonds. The number of hydrogen-bond acceptors (Lipinski definition) is 3. The van der Waals surface area contributed by atoms with Gasteiger partial charge in [0.1, 0.15) is 5.69 Å². The Bertz CT molecular complexity index is 494. The van der Waals surface area contributed by atoms with Crippen molar-refractivity contribution < 1.29 is 4.79 Å². The fraction of sp³-hybridized carbons (Fsp3) is 0. The Morgan fingerprint density at radius 1 is 1.53 bits per heavy atom. The highest BCUT2D eigenvalue weighted by Gasteiger charge is 2.09. The molecule has 78 valence electrons. The van der Waals surface area contributed by atoms with Crippen molar-refractivity contribution in [3.8, 4) is 0 Å². The van der Waals surface area contributed by atoms with Gasteiger partial charge in [0.05, 0.1) is 9.98 Å². The Hall–Kier alpha value is -0.660. The molecule has 2 heterocycles. The van der Waals surface area contributed by atoms with E-state index in [9.17, 15) is 4.79 Å². The minimum atomic E-state index is -0.206. The molecular formula is C8H5Br2N3OS. The summed E-state index contributed by atoms with van der Waals surface area (Å²) in [5, 5.41) is 3.25. The molecule has 0 unspecified atom stereocenters. The number of carbonyl (C=O) groups is 1. The molecule has 2 rings (SSSR count). The van der Waals surface area contributed by atoms with E-state index in [-0.39, 0.29) is 5.91 Å². The van der Waals surface area contributed by atoms with Gasteiger partial charge in [0.15, 0.2) is 5.13 Å². The summed E-state index contributed by atoms with van der Waals surface area (Å²) < 4.78 is 1.72. The molecule has 0 radical (unpaired) electrons. The smallest absolute Gasteiger partial charge is 0.273 e. The van der Waals surface area contributed by atoms with Gasteiger partial charge < -0.3 is 4.98 Å². The van der Waals surface area contributed by atoms with E-state index < -0.39 is 0 Å². The molecule has 2 aromatic rings. The number of nitrogens with zero attached hydrogens (tertiary/aromatic N) is 1. The highest BCUT2D eigenvalue weighted by molar-refractivity contribution is 9.11. The van der Waals surface area contributed by atoms with Crippen LogP contribution in [0.2, 0.25) is 0 Å². The summed E-state index contributed by atoms with van der Waals surface area (Å²) in [4.78, 5) is 18.5. The minimum absolute atomic E-state index is 0.206. The number of thiazole rings is 1. The lowest BCUT2D eigenvalue weighted by molar-refractivity contribution is 0.102. The molecular weight excluding hydrogens is 346 g/mol. The molecule has 2 N–H and O–H groups in total. The van der Waals surface area contributed by atoms with E-state index in [1.54, 1.807) is 18.5 Å². The minimum Gasteiger partial charge on any atom is -0.356 e. The van der Waals surface area contributed by atoms with Gasteiger partial charge in [-0.15, -0.1) is 0 Å². The number of amides is 1. The van der Waals surface area contributed by atoms with Crippen LogP contribution in [0.4, 0.5) is 5.13 Å². The Kier molecular flexibility index (Phi) is 3.22. The zero-order chi connectivity index (χ0) is 10.8. The molecule has 15 heavy (non-hydrogen) atoms. The molecule has 0 aromatic carbocycles. The predicted octanol–water partition coefficient (Wildman–Crippen LogP) is 3.25. The summed E-state index contributed by atoms with van der Waals surface area (Å²) in [6.07, 6.45) is 3.34. The highest BCUT2D eigenvalue weighted by Crippen LogP contribution is 2.23. The molecule has 0 bridgehead atoms. The molecule has 0 atom stereocenters. The first-order valence-corrected chi connectivity index (χ1v) is 6.32. The van der Waals surface area contributed by atoms with E-state index in [1.807, 2.05) is 0 Å². The quantitative estimate of drug-likeness (QED) is 0.873. The molecule has 0 aliphatic rings. The summed E-state index contributed by atoms with van der Waals surface area (Å²) in [5.74, 6) is -0.206. The van der Waals surface area contributed by atoms with Crippen molar-refractivity contribution >= 4 is 54.2 Å². The van der Waals surface area contributed by atoms with Crippen molar-refractivity contribution in [3.63, 3.8) is 0 Å². The molecule has 4 nitrogen and oxygen atoms in total. The second-order valence-electron chi connectivity index (χ2n) is 2.66. The lowest BCUT2D eigenvalue weighted by atomic mass is 10.4. The third kappa shape index (κ3) is 2.67. The summed E-state index contributed by atoms with van der Waals surface area (Å²) in [6.45, 7) is 0. The lowest BCUT2D eigenvalue weighted by Crippen LogP contribution is -2.11. The first-order chi connectivity index (χ1) is 7.15. The van der Waals surface area contributed by atoms with Crippen LogP contribution in [0.25, 0.3) is 0 Å². The SMILES string of the molecule is O=C(Nc1ncc(Br)s1)c1cc(Br)c[nH]1. The fourth-order valence-electron chi connectivity index (χ4n) is 0.976. The number of carbonyl (C=O) groups excluding carboxylic acids is 1. The Balaban J connectivity index is 2.10. The molecule has 0 saturated heterocycles. The van der Waals surface area contributed by atoms with Crippen LogP contribution in [-0.2, 0) is 0 Å². The molecule has 7 heteroatoms. The van der Waals surface area contributed by atoms with Crippen molar-refractivity contribution in [1.82, 2.24) is 9.97 Å². The molecule has 0 fully saturated rings. The van der Waals surface area contributed by atoms with Crippen LogP contribution in [0.15, 0.2) is 26.7 Å². The van der Waals surface area contributed by atoms with E-state index in [0.717, 1.165) is 8.26 Å². The summed E-state index contributed by atoms with van der Waals surface area (Å²) >= 11 is 7.90. The second-order valence-corrected chi connectivity index (χ2v) is 5.98. The predicted molar refractivity (Wildman–Crippen MR) is 66.3 cm³/mol. The van der Waals surface area contributed by atoms with Gasteiger partial charge in [0, 0.05) is 10.7 Å². The van der Waals surface area contributed by atoms with Crippen LogP contribution >= 0.6 is 43.2 Å². The van der Waals surface area contributed by atoms with Gasteiger partial charge in [-0.3, -0.25) is 10.1 Å². The van der Waals surface area contributed by atoms with Crippen LogP contribution in [-0.4, -0.2) is 15.9 Å². The van der Waals surface area contributed by atoms with Crippen molar-refractivity contribution in [2.45, 2.75) is 0 Å². The third-order valence-corrected chi connectivity index (χ3v) is 3.44. The largest absolute Gasteiger partial charge is 0.356 e. The lowest BCUT2D eigenvalue weighted by Gasteiger charge is -1.97. The maximum absolute atomic E-state index is 11.6. The first-order valence-electron chi connectivity index (χ1n) is 3.92. The van der Waals surface area contributed by atoms with Crippen LogP contribution in [0.3, 0.4) is 0 Å². The number of halogens is 2. The van der Waals surface area contributed by atoms with E-state index >= 15 is 0 Å². The first kappa shape index (κ1) is 10.8. The van der Waals surface area contributed by atoms with Crippen LogP contribution in [0.1, 0.15) is 10.5 Å². The topological polar surface area (TPSA) is 57.8 Å². The molecule has 0 saturated carbocycles. The Morgan fingerprint density at radius 2 is 2.33 bits per heavy atom. The van der Waals surface area contributed by atoms with Crippen LogP contribution in [0.5, 0.6) is 0 Å². The Morgan fingerprint density at radius 3 is 2.87 bits per heavy atom. The number of anilines is 1. The van der Waals surface area contributed by atoms with Gasteiger partial charge in [-0.1, -0.05) is 11.3 Å². The molecule has 0 aliphatic heterocycles. The van der Waals surface area contributed by atoms with Gasteiger partial charge in [-0.05, 0) is 37.9 Å². The molecule has 0 spiro atoms. The van der Waals surface area contributed by atoms with Gasteiger partial charge in [-0.25, -0.2) is 4.98 Å². The normalized spacial score (nSPS) is 10.3. The van der Waals surface area contributed by atoms with Gasteiger partial charge in [0.2, 0.25) is 0 Å². The number of rotatable bonds is 2. The van der Waals surface area contributed by atoms with Crippen LogP contribution < -0.4 is 5.32 Å². The average molecular weight is 351 g/mol. The van der Waals surface area contributed by atoms with Crippen LogP contribution in [0, 0.1) is 0 Å². The second kappa shape index (κ2) is 4.46. The van der Waals surface area contributed by atoms with E-state index in [0.29, 0.717) is 10.8 Å². The standard InChI is InChI=1S/C8H5Br2N3OS/c9-4-1-5(11-2-4)7(14)13-8-12-3-6(10)15-8/h1-3,11H,(H,12,13,14). The summed E-state index contributed by atoms with van der Waals surface area (Å²) in [6, 6.07) is 1.71. The molecule has 0 aliphatic carbocycles. The highest BCUT2D eigenvalue weighted by atomic mass is 79.9. The zero-order valence-corrected chi connectivity index (χ0v) is 11.2. The zero-order valence-electron chi connectivity index (χ0n) is 7.25. The van der Waals surface area contributed by atoms with Crippen molar-refractivity contribution in [2.75, 3.05) is 5.32 Å². The van der Waals surface area contributed by atoms with E-state index in [2.05, 4.69) is 47.1 Å². The van der Waals surface area contributed by atoms with E-state index in [4.69, 9.17) is 0 Å². The Labute approximate surface area is 106 Å². The maximum atomic E-state index is 11.6. The molecule has 2 aromatic heterocycles. The van der Waals surface area contributed by atoms with Crippen molar-refractivity contribution in [1.29, 1.82) is 0 Å². The van der Waals surface area contributed by atoms with Gasteiger partial charge in [0.25, 0.3) is 5.91 Å². The van der Waals surface area contributed by atoms with E-state index in [1.165, 1.54) is 11.3 Å². The number of H-pyrrole nitrogens is 1. The fourth-order valence-corrected chi connectivity index (χ4v) is 2.42.